The molecule has 1 aromatic heterocycles. The number of Topliss-reactive ketones (excluding diaryl/α,β-unsaturated/α-hetero) is 1. The number of hydrogen-bond acceptors (Lipinski definition) is 4. The smallest absolute Gasteiger partial charge is 0.370 e. The van der Waals surface area contributed by atoms with E-state index in [9.17, 15) is 18.0 Å². The highest BCUT2D eigenvalue weighted by Gasteiger charge is 2.43. The number of rotatable bonds is 3. The lowest BCUT2D eigenvalue weighted by Gasteiger charge is -2.36. The Hall–Kier alpha value is -0.950. The third-order valence-electron chi connectivity index (χ3n) is 3.86. The number of ether oxygens (including phenoxy) is 1. The van der Waals surface area contributed by atoms with Crippen molar-refractivity contribution in [2.75, 3.05) is 7.11 Å². The first-order chi connectivity index (χ1) is 9.28. The minimum atomic E-state index is -4.51. The first-order valence-electron chi connectivity index (χ1n) is 6.41. The van der Waals surface area contributed by atoms with Gasteiger partial charge >= 0.3 is 6.18 Å². The van der Waals surface area contributed by atoms with Crippen molar-refractivity contribution in [2.24, 2.45) is 5.92 Å². The highest BCUT2D eigenvalue weighted by molar-refractivity contribution is 7.13. The highest BCUT2D eigenvalue weighted by atomic mass is 32.1. The molecular weight excluding hydrogens is 291 g/mol. The SMILES string of the molecule is COC1(C(=O)c2cnc(C(F)(F)F)s2)CCC(C)CC1. The van der Waals surface area contributed by atoms with Crippen LogP contribution >= 0.6 is 11.3 Å². The van der Waals surface area contributed by atoms with Crippen molar-refractivity contribution >= 4 is 17.1 Å². The minimum absolute atomic E-state index is 0.0220. The maximum absolute atomic E-state index is 12.5. The molecule has 1 saturated carbocycles. The summed E-state index contributed by atoms with van der Waals surface area (Å²) in [5, 5.41) is -0.990. The first kappa shape index (κ1) is 15.4. The molecule has 0 bridgehead atoms. The Bertz CT molecular complexity index is 490. The molecule has 0 saturated heterocycles. The monoisotopic (exact) mass is 307 g/mol. The predicted molar refractivity (Wildman–Crippen MR) is 68.8 cm³/mol. The molecular formula is C13H16F3NO2S. The van der Waals surface area contributed by atoms with Gasteiger partial charge in [0.15, 0.2) is 5.01 Å². The van der Waals surface area contributed by atoms with Crippen LogP contribution in [0.3, 0.4) is 0 Å². The lowest BCUT2D eigenvalue weighted by molar-refractivity contribution is -0.137. The van der Waals surface area contributed by atoms with E-state index in [0.29, 0.717) is 30.1 Å². The molecule has 3 nitrogen and oxygen atoms in total. The molecule has 112 valence electrons. The Balaban J connectivity index is 2.23. The van der Waals surface area contributed by atoms with Gasteiger partial charge in [-0.15, -0.1) is 11.3 Å². The van der Waals surface area contributed by atoms with Gasteiger partial charge in [0.25, 0.3) is 0 Å². The van der Waals surface area contributed by atoms with Crippen molar-refractivity contribution in [3.05, 3.63) is 16.1 Å². The van der Waals surface area contributed by atoms with Crippen LogP contribution in [-0.2, 0) is 10.9 Å². The van der Waals surface area contributed by atoms with Gasteiger partial charge < -0.3 is 4.74 Å². The summed E-state index contributed by atoms with van der Waals surface area (Å²) in [5.41, 5.74) is -0.984. The Morgan fingerprint density at radius 3 is 2.50 bits per heavy atom. The molecule has 1 fully saturated rings. The molecule has 20 heavy (non-hydrogen) atoms. The molecule has 1 heterocycles. The van der Waals surface area contributed by atoms with Crippen LogP contribution < -0.4 is 0 Å². The van der Waals surface area contributed by atoms with Crippen molar-refractivity contribution in [3.63, 3.8) is 0 Å². The number of alkyl halides is 3. The summed E-state index contributed by atoms with van der Waals surface area (Å²) in [6.07, 6.45) is -0.736. The van der Waals surface area contributed by atoms with E-state index < -0.39 is 16.8 Å². The number of aromatic nitrogens is 1. The molecule has 0 radical (unpaired) electrons. The number of hydrogen-bond donors (Lipinski definition) is 0. The lowest BCUT2D eigenvalue weighted by atomic mass is 9.77. The van der Waals surface area contributed by atoms with E-state index in [1.807, 2.05) is 0 Å². The van der Waals surface area contributed by atoms with Crippen molar-refractivity contribution in [1.82, 2.24) is 4.98 Å². The summed E-state index contributed by atoms with van der Waals surface area (Å²) in [6, 6.07) is 0. The molecule has 0 spiro atoms. The van der Waals surface area contributed by atoms with Crippen LogP contribution in [0.4, 0.5) is 13.2 Å². The average Bonchev–Trinajstić information content (AvgIpc) is 2.89. The second-order valence-corrected chi connectivity index (χ2v) is 6.27. The van der Waals surface area contributed by atoms with Crippen LogP contribution in [0.5, 0.6) is 0 Å². The summed E-state index contributed by atoms with van der Waals surface area (Å²) in [4.78, 5) is 15.8. The van der Waals surface area contributed by atoms with E-state index in [0.717, 1.165) is 19.0 Å². The molecule has 0 amide bonds. The van der Waals surface area contributed by atoms with Gasteiger partial charge in [0.05, 0.1) is 4.88 Å². The Morgan fingerprint density at radius 2 is 2.05 bits per heavy atom. The highest BCUT2D eigenvalue weighted by Crippen LogP contribution is 2.39. The zero-order chi connectivity index (χ0) is 15.0. The molecule has 7 heteroatoms. The van der Waals surface area contributed by atoms with Gasteiger partial charge in [0, 0.05) is 13.3 Å². The molecule has 1 aliphatic carbocycles. The molecule has 0 N–H and O–H groups in total. The molecule has 2 rings (SSSR count). The van der Waals surface area contributed by atoms with Gasteiger partial charge in [0.1, 0.15) is 5.60 Å². The van der Waals surface area contributed by atoms with Gasteiger partial charge in [0.2, 0.25) is 5.78 Å². The van der Waals surface area contributed by atoms with E-state index in [1.165, 1.54) is 7.11 Å². The number of carbonyl (C=O) groups excluding carboxylic acids is 1. The van der Waals surface area contributed by atoms with E-state index in [2.05, 4.69) is 11.9 Å². The van der Waals surface area contributed by atoms with Crippen molar-refractivity contribution in [3.8, 4) is 0 Å². The molecule has 0 atom stereocenters. The number of nitrogens with zero attached hydrogens (tertiary/aromatic N) is 1. The van der Waals surface area contributed by atoms with Gasteiger partial charge in [-0.2, -0.15) is 13.2 Å². The van der Waals surface area contributed by atoms with Gasteiger partial charge in [-0.3, -0.25) is 4.79 Å². The Morgan fingerprint density at radius 1 is 1.45 bits per heavy atom. The van der Waals surface area contributed by atoms with Crippen molar-refractivity contribution in [1.29, 1.82) is 0 Å². The third-order valence-corrected chi connectivity index (χ3v) is 4.90. The number of carbonyl (C=O) groups is 1. The van der Waals surface area contributed by atoms with E-state index in [1.54, 1.807) is 0 Å². The topological polar surface area (TPSA) is 39.2 Å². The molecule has 0 unspecified atom stereocenters. The Kier molecular flexibility index (Phi) is 4.20. The van der Waals surface area contributed by atoms with Crippen molar-refractivity contribution < 1.29 is 22.7 Å². The van der Waals surface area contributed by atoms with Crippen LogP contribution in [0, 0.1) is 5.92 Å². The van der Waals surface area contributed by atoms with Crippen LogP contribution in [0.1, 0.15) is 47.3 Å². The number of thiazole rings is 1. The number of methoxy groups -OCH3 is 1. The van der Waals surface area contributed by atoms with Gasteiger partial charge in [-0.25, -0.2) is 4.98 Å². The van der Waals surface area contributed by atoms with Crippen LogP contribution in [-0.4, -0.2) is 23.5 Å². The molecule has 0 aliphatic heterocycles. The van der Waals surface area contributed by atoms with Crippen LogP contribution in [0.15, 0.2) is 6.20 Å². The second kappa shape index (κ2) is 5.44. The third kappa shape index (κ3) is 2.88. The number of ketones is 1. The normalized spacial score (nSPS) is 27.6. The maximum atomic E-state index is 12.5. The summed E-state index contributed by atoms with van der Waals surface area (Å²) < 4.78 is 43.0. The fourth-order valence-corrected chi connectivity index (χ4v) is 3.30. The zero-order valence-electron chi connectivity index (χ0n) is 11.3. The molecule has 1 aliphatic rings. The fourth-order valence-electron chi connectivity index (χ4n) is 2.49. The van der Waals surface area contributed by atoms with Crippen LogP contribution in [0.25, 0.3) is 0 Å². The average molecular weight is 307 g/mol. The first-order valence-corrected chi connectivity index (χ1v) is 7.23. The van der Waals surface area contributed by atoms with Gasteiger partial charge in [-0.05, 0) is 31.6 Å². The van der Waals surface area contributed by atoms with Gasteiger partial charge in [-0.1, -0.05) is 6.92 Å². The Labute approximate surface area is 119 Å². The number of halogens is 3. The van der Waals surface area contributed by atoms with E-state index in [4.69, 9.17) is 4.74 Å². The predicted octanol–water partition coefficient (Wildman–Crippen LogP) is 3.94. The standard InChI is InChI=1S/C13H16F3NO2S/c1-8-3-5-12(19-2,6-4-8)10(18)9-7-17-11(20-9)13(14,15)16/h7-8H,3-6H2,1-2H3. The zero-order valence-corrected chi connectivity index (χ0v) is 12.1. The summed E-state index contributed by atoms with van der Waals surface area (Å²) in [5.74, 6) is 0.137. The minimum Gasteiger partial charge on any atom is -0.370 e. The lowest BCUT2D eigenvalue weighted by Crippen LogP contribution is -2.43. The summed E-state index contributed by atoms with van der Waals surface area (Å²) >= 11 is 0.391. The quantitative estimate of drug-likeness (QED) is 0.794. The summed E-state index contributed by atoms with van der Waals surface area (Å²) in [6.45, 7) is 2.10. The van der Waals surface area contributed by atoms with E-state index >= 15 is 0 Å². The maximum Gasteiger partial charge on any atom is 0.443 e. The molecule has 0 aromatic carbocycles. The largest absolute Gasteiger partial charge is 0.443 e. The molecule has 1 aromatic rings. The fraction of sp³-hybridized carbons (Fsp3) is 0.692. The van der Waals surface area contributed by atoms with Crippen LogP contribution in [0.2, 0.25) is 0 Å². The summed E-state index contributed by atoms with van der Waals surface area (Å²) in [7, 11) is 1.44. The van der Waals surface area contributed by atoms with Crippen molar-refractivity contribution in [2.45, 2.75) is 44.4 Å². The van der Waals surface area contributed by atoms with E-state index in [-0.39, 0.29) is 10.7 Å². The second-order valence-electron chi connectivity index (χ2n) is 5.24.